The van der Waals surface area contributed by atoms with E-state index in [4.69, 9.17) is 0 Å². The molecule has 0 saturated carbocycles. The highest BCUT2D eigenvalue weighted by molar-refractivity contribution is 4.86. The van der Waals surface area contributed by atoms with Crippen LogP contribution in [0.5, 0.6) is 0 Å². The Morgan fingerprint density at radius 1 is 1.06 bits per heavy atom. The molecule has 3 aliphatic rings. The van der Waals surface area contributed by atoms with Crippen molar-refractivity contribution in [1.29, 1.82) is 0 Å². The number of piperazine rings is 1. The van der Waals surface area contributed by atoms with E-state index in [1.807, 2.05) is 0 Å². The molecule has 3 aliphatic heterocycles. The fraction of sp³-hybridized carbons (Fsp3) is 1.00. The van der Waals surface area contributed by atoms with E-state index >= 15 is 0 Å². The van der Waals surface area contributed by atoms with Gasteiger partial charge in [0.1, 0.15) is 0 Å². The van der Waals surface area contributed by atoms with Gasteiger partial charge in [-0.05, 0) is 44.8 Å². The van der Waals surface area contributed by atoms with E-state index in [0.29, 0.717) is 0 Å². The van der Waals surface area contributed by atoms with Gasteiger partial charge in [-0.1, -0.05) is 6.42 Å². The Morgan fingerprint density at radius 3 is 2.94 bits per heavy atom. The van der Waals surface area contributed by atoms with E-state index in [9.17, 15) is 0 Å². The van der Waals surface area contributed by atoms with Crippen LogP contribution in [0.3, 0.4) is 0 Å². The van der Waals surface area contributed by atoms with Crippen LogP contribution in [0, 0.1) is 5.92 Å². The molecule has 92 valence electrons. The smallest absolute Gasteiger partial charge is 0.0223 e. The summed E-state index contributed by atoms with van der Waals surface area (Å²) in [5, 5.41) is 3.48. The molecule has 3 rings (SSSR count). The molecule has 0 amide bonds. The molecule has 16 heavy (non-hydrogen) atoms. The summed E-state index contributed by atoms with van der Waals surface area (Å²) in [4.78, 5) is 5.46. The van der Waals surface area contributed by atoms with Gasteiger partial charge < -0.3 is 10.2 Å². The Balaban J connectivity index is 1.50. The van der Waals surface area contributed by atoms with Crippen LogP contribution in [0.25, 0.3) is 0 Å². The number of rotatable bonds is 2. The van der Waals surface area contributed by atoms with Gasteiger partial charge in [-0.15, -0.1) is 0 Å². The topological polar surface area (TPSA) is 18.5 Å². The number of nitrogens with one attached hydrogen (secondary N) is 1. The molecule has 0 bridgehead atoms. The summed E-state index contributed by atoms with van der Waals surface area (Å²) < 4.78 is 0. The van der Waals surface area contributed by atoms with Crippen molar-refractivity contribution in [3.63, 3.8) is 0 Å². The summed E-state index contributed by atoms with van der Waals surface area (Å²) in [6.45, 7) is 9.19. The number of piperidine rings is 1. The lowest BCUT2D eigenvalue weighted by atomic mass is 9.98. The largest absolute Gasteiger partial charge is 0.316 e. The van der Waals surface area contributed by atoms with Gasteiger partial charge in [-0.25, -0.2) is 0 Å². The van der Waals surface area contributed by atoms with Crippen molar-refractivity contribution < 1.29 is 0 Å². The predicted octanol–water partition coefficient (Wildman–Crippen LogP) is 0.766. The number of nitrogens with zero attached hydrogens (tertiary/aromatic N) is 2. The lowest BCUT2D eigenvalue weighted by Crippen LogP contribution is -2.55. The third-order valence-electron chi connectivity index (χ3n) is 4.60. The average Bonchev–Trinajstić information content (AvgIpc) is 2.82. The second-order valence-corrected chi connectivity index (χ2v) is 5.80. The molecular formula is C13H25N3. The van der Waals surface area contributed by atoms with Crippen LogP contribution in [0.1, 0.15) is 25.7 Å². The van der Waals surface area contributed by atoms with Gasteiger partial charge in [0.2, 0.25) is 0 Å². The molecule has 3 fully saturated rings. The average molecular weight is 223 g/mol. The Labute approximate surface area is 99.2 Å². The lowest BCUT2D eigenvalue weighted by molar-refractivity contribution is 0.0431. The number of fused-ring (bicyclic) bond motifs is 1. The Morgan fingerprint density at radius 2 is 2.06 bits per heavy atom. The van der Waals surface area contributed by atoms with Crippen LogP contribution in [-0.4, -0.2) is 61.7 Å². The minimum absolute atomic E-state index is 0.886. The minimum Gasteiger partial charge on any atom is -0.316 e. The first-order valence-electron chi connectivity index (χ1n) is 7.09. The Bertz CT molecular complexity index is 225. The minimum atomic E-state index is 0.886. The second kappa shape index (κ2) is 5.03. The summed E-state index contributed by atoms with van der Waals surface area (Å²) in [5.74, 6) is 0.926. The van der Waals surface area contributed by atoms with Crippen molar-refractivity contribution in [1.82, 2.24) is 15.1 Å². The van der Waals surface area contributed by atoms with Crippen molar-refractivity contribution in [2.75, 3.05) is 45.8 Å². The first-order valence-corrected chi connectivity index (χ1v) is 7.09. The molecule has 0 aromatic carbocycles. The van der Waals surface area contributed by atoms with Crippen molar-refractivity contribution in [3.05, 3.63) is 0 Å². The normalized spacial score (nSPS) is 37.5. The number of hydrogen-bond acceptors (Lipinski definition) is 3. The molecule has 0 radical (unpaired) electrons. The zero-order chi connectivity index (χ0) is 10.8. The van der Waals surface area contributed by atoms with Gasteiger partial charge in [0, 0.05) is 32.2 Å². The highest BCUT2D eigenvalue weighted by Gasteiger charge is 2.30. The predicted molar refractivity (Wildman–Crippen MR) is 66.6 cm³/mol. The van der Waals surface area contributed by atoms with Gasteiger partial charge >= 0.3 is 0 Å². The first kappa shape index (κ1) is 11.0. The molecule has 0 spiro atoms. The molecule has 1 N–H and O–H groups in total. The molecule has 2 atom stereocenters. The van der Waals surface area contributed by atoms with Crippen LogP contribution in [0.4, 0.5) is 0 Å². The van der Waals surface area contributed by atoms with Crippen LogP contribution in [-0.2, 0) is 0 Å². The Hall–Kier alpha value is -0.120. The maximum absolute atomic E-state index is 3.48. The van der Waals surface area contributed by atoms with E-state index in [2.05, 4.69) is 15.1 Å². The quantitative estimate of drug-likeness (QED) is 0.746. The summed E-state index contributed by atoms with van der Waals surface area (Å²) in [5.41, 5.74) is 0. The van der Waals surface area contributed by atoms with Gasteiger partial charge in [0.15, 0.2) is 0 Å². The van der Waals surface area contributed by atoms with Crippen molar-refractivity contribution >= 4 is 0 Å². The highest BCUT2D eigenvalue weighted by Crippen LogP contribution is 2.22. The molecule has 3 heteroatoms. The standard InChI is InChI=1S/C13H25N3/c1-2-6-16-8-7-15(11-13(16)3-1)10-12-4-5-14-9-12/h12-14H,1-11H2. The summed E-state index contributed by atoms with van der Waals surface area (Å²) in [7, 11) is 0. The van der Waals surface area contributed by atoms with E-state index < -0.39 is 0 Å². The van der Waals surface area contributed by atoms with Gasteiger partial charge in [0.05, 0.1) is 0 Å². The van der Waals surface area contributed by atoms with E-state index in [0.717, 1.165) is 12.0 Å². The molecule has 3 heterocycles. The van der Waals surface area contributed by atoms with Crippen LogP contribution >= 0.6 is 0 Å². The zero-order valence-electron chi connectivity index (χ0n) is 10.3. The van der Waals surface area contributed by atoms with Crippen molar-refractivity contribution in [3.8, 4) is 0 Å². The Kier molecular flexibility index (Phi) is 3.46. The molecule has 0 aromatic rings. The third kappa shape index (κ3) is 2.41. The third-order valence-corrected chi connectivity index (χ3v) is 4.60. The molecule has 3 nitrogen and oxygen atoms in total. The van der Waals surface area contributed by atoms with Crippen molar-refractivity contribution in [2.24, 2.45) is 5.92 Å². The summed E-state index contributed by atoms with van der Waals surface area (Å²) in [6, 6.07) is 0.886. The maximum Gasteiger partial charge on any atom is 0.0223 e. The SMILES string of the molecule is C1CCN2CCN(CC3CCNC3)CC2C1. The van der Waals surface area contributed by atoms with Gasteiger partial charge in [-0.2, -0.15) is 0 Å². The van der Waals surface area contributed by atoms with Crippen LogP contribution < -0.4 is 5.32 Å². The first-order chi connectivity index (χ1) is 7.92. The van der Waals surface area contributed by atoms with E-state index in [-0.39, 0.29) is 0 Å². The molecular weight excluding hydrogens is 198 g/mol. The molecule has 0 aliphatic carbocycles. The van der Waals surface area contributed by atoms with E-state index in [1.165, 1.54) is 71.5 Å². The zero-order valence-corrected chi connectivity index (χ0v) is 10.3. The fourth-order valence-electron chi connectivity index (χ4n) is 3.62. The summed E-state index contributed by atoms with van der Waals surface area (Å²) >= 11 is 0. The number of hydrogen-bond donors (Lipinski definition) is 1. The maximum atomic E-state index is 3.48. The highest BCUT2D eigenvalue weighted by atomic mass is 15.3. The van der Waals surface area contributed by atoms with Gasteiger partial charge in [0.25, 0.3) is 0 Å². The second-order valence-electron chi connectivity index (χ2n) is 5.80. The van der Waals surface area contributed by atoms with Crippen LogP contribution in [0.2, 0.25) is 0 Å². The fourth-order valence-corrected chi connectivity index (χ4v) is 3.62. The molecule has 2 unspecified atom stereocenters. The van der Waals surface area contributed by atoms with E-state index in [1.54, 1.807) is 0 Å². The van der Waals surface area contributed by atoms with Gasteiger partial charge in [-0.3, -0.25) is 4.90 Å². The summed E-state index contributed by atoms with van der Waals surface area (Å²) in [6.07, 6.45) is 5.73. The molecule has 0 aromatic heterocycles. The van der Waals surface area contributed by atoms with Crippen LogP contribution in [0.15, 0.2) is 0 Å². The monoisotopic (exact) mass is 223 g/mol. The lowest BCUT2D eigenvalue weighted by Gasteiger charge is -2.44. The van der Waals surface area contributed by atoms with Crippen molar-refractivity contribution in [2.45, 2.75) is 31.7 Å². The molecule has 3 saturated heterocycles.